The van der Waals surface area contributed by atoms with Crippen LogP contribution in [0, 0.1) is 11.7 Å². The Bertz CT molecular complexity index is 1200. The van der Waals surface area contributed by atoms with Gasteiger partial charge in [-0.25, -0.2) is 17.5 Å². The van der Waals surface area contributed by atoms with Crippen molar-refractivity contribution in [2.75, 3.05) is 18.4 Å². The van der Waals surface area contributed by atoms with Gasteiger partial charge in [-0.05, 0) is 54.8 Å². The van der Waals surface area contributed by atoms with Crippen LogP contribution >= 0.6 is 11.6 Å². The van der Waals surface area contributed by atoms with Crippen molar-refractivity contribution < 1.29 is 17.6 Å². The lowest BCUT2D eigenvalue weighted by molar-refractivity contribution is -0.120. The van der Waals surface area contributed by atoms with Gasteiger partial charge >= 0.3 is 0 Å². The third-order valence-corrected chi connectivity index (χ3v) is 7.55. The number of amides is 1. The molecule has 10 heteroatoms. The van der Waals surface area contributed by atoms with Gasteiger partial charge in [-0.2, -0.15) is 9.40 Å². The van der Waals surface area contributed by atoms with Gasteiger partial charge in [-0.3, -0.25) is 4.79 Å². The first-order valence-corrected chi connectivity index (χ1v) is 12.0. The summed E-state index contributed by atoms with van der Waals surface area (Å²) in [5.74, 6) is -0.738. The van der Waals surface area contributed by atoms with E-state index < -0.39 is 21.8 Å². The molecule has 0 radical (unpaired) electrons. The zero-order chi connectivity index (χ0) is 22.7. The van der Waals surface area contributed by atoms with Gasteiger partial charge in [0, 0.05) is 24.2 Å². The number of aromatic nitrogens is 2. The lowest BCUT2D eigenvalue weighted by atomic mass is 9.99. The third kappa shape index (κ3) is 5.01. The van der Waals surface area contributed by atoms with E-state index in [4.69, 9.17) is 11.6 Å². The number of hydrogen-bond acceptors (Lipinski definition) is 4. The Kier molecular flexibility index (Phi) is 6.59. The number of piperidine rings is 1. The lowest BCUT2D eigenvalue weighted by Gasteiger charge is -2.31. The number of nitrogens with one attached hydrogen (secondary N) is 1. The summed E-state index contributed by atoms with van der Waals surface area (Å²) in [6, 6.07) is 13.8. The Labute approximate surface area is 190 Å². The van der Waals surface area contributed by atoms with Crippen LogP contribution in [0.15, 0.2) is 65.7 Å². The van der Waals surface area contributed by atoms with E-state index in [9.17, 15) is 17.6 Å². The summed E-state index contributed by atoms with van der Waals surface area (Å²) >= 11 is 5.93. The number of sulfonamides is 1. The Balaban J connectivity index is 1.44. The number of benzene rings is 2. The summed E-state index contributed by atoms with van der Waals surface area (Å²) in [7, 11) is -3.80. The number of halogens is 2. The molecule has 1 aliphatic heterocycles. The van der Waals surface area contributed by atoms with E-state index in [-0.39, 0.29) is 17.3 Å². The van der Waals surface area contributed by atoms with E-state index in [0.717, 1.165) is 17.7 Å². The second kappa shape index (κ2) is 9.40. The fourth-order valence-electron chi connectivity index (χ4n) is 3.69. The molecule has 0 spiro atoms. The number of carbonyl (C=O) groups is 1. The minimum Gasteiger partial charge on any atom is -0.311 e. The van der Waals surface area contributed by atoms with Crippen LogP contribution in [0.2, 0.25) is 5.02 Å². The van der Waals surface area contributed by atoms with E-state index in [1.165, 1.54) is 16.4 Å². The lowest BCUT2D eigenvalue weighted by Crippen LogP contribution is -2.43. The van der Waals surface area contributed by atoms with E-state index in [2.05, 4.69) is 10.4 Å². The second-order valence-electron chi connectivity index (χ2n) is 7.65. The SMILES string of the molecule is O=C(Nc1ccnn1Cc1ccc(Cl)cc1)C1CCCN(S(=O)(=O)c2ccc(F)cc2)C1. The van der Waals surface area contributed by atoms with Crippen LogP contribution in [-0.2, 0) is 21.4 Å². The van der Waals surface area contributed by atoms with Crippen molar-refractivity contribution in [1.29, 1.82) is 0 Å². The van der Waals surface area contributed by atoms with Gasteiger partial charge in [0.2, 0.25) is 15.9 Å². The van der Waals surface area contributed by atoms with Crippen molar-refractivity contribution in [1.82, 2.24) is 14.1 Å². The van der Waals surface area contributed by atoms with Gasteiger partial charge in [0.05, 0.1) is 23.6 Å². The molecule has 1 saturated heterocycles. The Morgan fingerprint density at radius 1 is 1.12 bits per heavy atom. The van der Waals surface area contributed by atoms with Crippen molar-refractivity contribution >= 4 is 33.3 Å². The minimum absolute atomic E-state index is 0.0148. The summed E-state index contributed by atoms with van der Waals surface area (Å²) in [5.41, 5.74) is 0.975. The molecule has 2 heterocycles. The summed E-state index contributed by atoms with van der Waals surface area (Å²) in [5, 5.41) is 7.78. The zero-order valence-electron chi connectivity index (χ0n) is 17.1. The van der Waals surface area contributed by atoms with Crippen LogP contribution in [0.25, 0.3) is 0 Å². The normalized spacial score (nSPS) is 17.2. The molecule has 168 valence electrons. The van der Waals surface area contributed by atoms with Crippen LogP contribution in [0.3, 0.4) is 0 Å². The quantitative estimate of drug-likeness (QED) is 0.587. The molecular formula is C22H22ClFN4O3S. The van der Waals surface area contributed by atoms with Crippen LogP contribution in [0.5, 0.6) is 0 Å². The first-order chi connectivity index (χ1) is 15.3. The molecule has 1 atom stereocenters. The van der Waals surface area contributed by atoms with Gasteiger partial charge in [0.1, 0.15) is 11.6 Å². The van der Waals surface area contributed by atoms with Crippen molar-refractivity contribution in [2.24, 2.45) is 5.92 Å². The number of anilines is 1. The molecule has 32 heavy (non-hydrogen) atoms. The predicted octanol–water partition coefficient (Wildman–Crippen LogP) is 3.76. The number of nitrogens with zero attached hydrogens (tertiary/aromatic N) is 3. The molecule has 1 N–H and O–H groups in total. The number of carbonyl (C=O) groups excluding carboxylic acids is 1. The maximum atomic E-state index is 13.2. The summed E-state index contributed by atoms with van der Waals surface area (Å²) in [6.45, 7) is 0.838. The van der Waals surface area contributed by atoms with E-state index in [0.29, 0.717) is 36.8 Å². The third-order valence-electron chi connectivity index (χ3n) is 5.42. The molecule has 1 aliphatic rings. The number of hydrogen-bond donors (Lipinski definition) is 1. The Morgan fingerprint density at radius 2 is 1.84 bits per heavy atom. The molecular weight excluding hydrogens is 455 g/mol. The van der Waals surface area contributed by atoms with Crippen LogP contribution < -0.4 is 5.32 Å². The average molecular weight is 477 g/mol. The highest BCUT2D eigenvalue weighted by molar-refractivity contribution is 7.89. The van der Waals surface area contributed by atoms with Crippen LogP contribution in [0.4, 0.5) is 10.2 Å². The molecule has 1 unspecified atom stereocenters. The molecule has 4 rings (SSSR count). The molecule has 7 nitrogen and oxygen atoms in total. The highest BCUT2D eigenvalue weighted by Gasteiger charge is 2.33. The fraction of sp³-hybridized carbons (Fsp3) is 0.273. The van der Waals surface area contributed by atoms with Gasteiger partial charge in [-0.1, -0.05) is 23.7 Å². The molecule has 1 aromatic heterocycles. The maximum absolute atomic E-state index is 13.2. The minimum atomic E-state index is -3.80. The molecule has 1 fully saturated rings. The molecule has 2 aromatic carbocycles. The van der Waals surface area contributed by atoms with E-state index >= 15 is 0 Å². The molecule has 0 aliphatic carbocycles. The first-order valence-electron chi connectivity index (χ1n) is 10.2. The van der Waals surface area contributed by atoms with Crippen LogP contribution in [0.1, 0.15) is 18.4 Å². The summed E-state index contributed by atoms with van der Waals surface area (Å²) in [4.78, 5) is 12.9. The highest BCUT2D eigenvalue weighted by atomic mass is 35.5. The topological polar surface area (TPSA) is 84.3 Å². The maximum Gasteiger partial charge on any atom is 0.243 e. The standard InChI is InChI=1S/C22H22ClFN4O3S/c23-18-5-3-16(4-6-18)14-28-21(11-12-25-28)26-22(29)17-2-1-13-27(15-17)32(30,31)20-9-7-19(24)8-10-20/h3-12,17H,1-2,13-15H2,(H,26,29). The molecule has 1 amide bonds. The fourth-order valence-corrected chi connectivity index (χ4v) is 5.34. The Morgan fingerprint density at radius 3 is 2.56 bits per heavy atom. The van der Waals surface area contributed by atoms with Crippen molar-refractivity contribution in [3.8, 4) is 0 Å². The van der Waals surface area contributed by atoms with Crippen LogP contribution in [-0.4, -0.2) is 41.5 Å². The van der Waals surface area contributed by atoms with Crippen molar-refractivity contribution in [3.05, 3.63) is 77.2 Å². The van der Waals surface area contributed by atoms with Gasteiger partial charge in [-0.15, -0.1) is 0 Å². The van der Waals surface area contributed by atoms with Gasteiger partial charge < -0.3 is 5.32 Å². The van der Waals surface area contributed by atoms with Gasteiger partial charge in [0.25, 0.3) is 0 Å². The zero-order valence-corrected chi connectivity index (χ0v) is 18.7. The average Bonchev–Trinajstić information content (AvgIpc) is 3.22. The largest absolute Gasteiger partial charge is 0.311 e. The smallest absolute Gasteiger partial charge is 0.243 e. The summed E-state index contributed by atoms with van der Waals surface area (Å²) in [6.07, 6.45) is 2.73. The van der Waals surface area contributed by atoms with E-state index in [1.807, 2.05) is 12.1 Å². The van der Waals surface area contributed by atoms with Crippen molar-refractivity contribution in [2.45, 2.75) is 24.3 Å². The van der Waals surface area contributed by atoms with Gasteiger partial charge in [0.15, 0.2) is 0 Å². The van der Waals surface area contributed by atoms with E-state index in [1.54, 1.807) is 29.1 Å². The monoisotopic (exact) mass is 476 g/mol. The predicted molar refractivity (Wildman–Crippen MR) is 119 cm³/mol. The highest BCUT2D eigenvalue weighted by Crippen LogP contribution is 2.25. The second-order valence-corrected chi connectivity index (χ2v) is 10.0. The molecule has 0 bridgehead atoms. The molecule has 0 saturated carbocycles. The van der Waals surface area contributed by atoms with Crippen molar-refractivity contribution in [3.63, 3.8) is 0 Å². The summed E-state index contributed by atoms with van der Waals surface area (Å²) < 4.78 is 42.0. The number of rotatable bonds is 6. The molecule has 3 aromatic rings. The Hall–Kier alpha value is -2.75. The first kappa shape index (κ1) is 22.4.